The molecule has 2 aromatic heterocycles. The molecule has 0 unspecified atom stereocenters. The number of nitrogens with zero attached hydrogens (tertiary/aromatic N) is 5. The van der Waals surface area contributed by atoms with Gasteiger partial charge in [-0.1, -0.05) is 17.8 Å². The summed E-state index contributed by atoms with van der Waals surface area (Å²) >= 11 is 1.49. The predicted octanol–water partition coefficient (Wildman–Crippen LogP) is 3.79. The first-order valence-electron chi connectivity index (χ1n) is 9.66. The lowest BCUT2D eigenvalue weighted by molar-refractivity contribution is 0.0988. The highest BCUT2D eigenvalue weighted by molar-refractivity contribution is 7.98. The SMILES string of the molecule is CSc1ncc2c(n1)N1CCC[C@H]1CN(c1cccc(-c3ncc(C)o3)c1)C2=O. The molecule has 0 saturated carbocycles. The van der Waals surface area contributed by atoms with Gasteiger partial charge in [0.1, 0.15) is 17.1 Å². The Morgan fingerprint density at radius 1 is 1.24 bits per heavy atom. The fourth-order valence-electron chi connectivity index (χ4n) is 4.09. The van der Waals surface area contributed by atoms with Crippen LogP contribution in [-0.4, -0.2) is 46.2 Å². The van der Waals surface area contributed by atoms with Gasteiger partial charge in [-0.15, -0.1) is 0 Å². The number of aromatic nitrogens is 3. The molecule has 3 aromatic rings. The quantitative estimate of drug-likeness (QED) is 0.483. The number of thioether (sulfide) groups is 1. The number of fused-ring (bicyclic) bond motifs is 3. The van der Waals surface area contributed by atoms with Gasteiger partial charge in [0, 0.05) is 36.6 Å². The molecule has 0 spiro atoms. The summed E-state index contributed by atoms with van der Waals surface area (Å²) in [5, 5.41) is 0.692. The molecule has 4 heterocycles. The lowest BCUT2D eigenvalue weighted by Gasteiger charge is -2.27. The number of hydrogen-bond acceptors (Lipinski definition) is 7. The maximum absolute atomic E-state index is 13.5. The number of hydrogen-bond donors (Lipinski definition) is 0. The van der Waals surface area contributed by atoms with Crippen molar-refractivity contribution in [3.8, 4) is 11.5 Å². The fraction of sp³-hybridized carbons (Fsp3) is 0.333. The van der Waals surface area contributed by atoms with E-state index in [1.807, 2.05) is 42.3 Å². The van der Waals surface area contributed by atoms with Gasteiger partial charge in [-0.05, 0) is 44.2 Å². The van der Waals surface area contributed by atoms with Crippen LogP contribution in [0.1, 0.15) is 29.0 Å². The fourth-order valence-corrected chi connectivity index (χ4v) is 4.42. The molecule has 0 N–H and O–H groups in total. The highest BCUT2D eigenvalue weighted by atomic mass is 32.2. The van der Waals surface area contributed by atoms with Crippen LogP contribution in [0.5, 0.6) is 0 Å². The minimum Gasteiger partial charge on any atom is -0.441 e. The number of benzene rings is 1. The Morgan fingerprint density at radius 3 is 2.93 bits per heavy atom. The van der Waals surface area contributed by atoms with E-state index in [1.165, 1.54) is 11.8 Å². The number of rotatable bonds is 3. The average Bonchev–Trinajstić information content (AvgIpc) is 3.37. The molecular weight excluding hydrogens is 386 g/mol. The van der Waals surface area contributed by atoms with Gasteiger partial charge in [0.05, 0.1) is 6.20 Å². The minimum absolute atomic E-state index is 0.0669. The molecule has 0 radical (unpaired) electrons. The topological polar surface area (TPSA) is 75.4 Å². The van der Waals surface area contributed by atoms with Crippen LogP contribution in [0.4, 0.5) is 11.5 Å². The standard InChI is InChI=1S/C21H21N5O2S/c1-13-10-22-19(28-13)14-5-3-6-15(9-14)26-12-16-7-4-8-25(16)18-17(20(26)27)11-23-21(24-18)29-2/h3,5-6,9-11,16H,4,7-8,12H2,1-2H3/t16-/m0/s1. The van der Waals surface area contributed by atoms with Gasteiger partial charge >= 0.3 is 0 Å². The number of anilines is 2. The van der Waals surface area contributed by atoms with Crippen molar-refractivity contribution in [1.82, 2.24) is 15.0 Å². The molecule has 29 heavy (non-hydrogen) atoms. The molecule has 7 nitrogen and oxygen atoms in total. The third-order valence-corrected chi connectivity index (χ3v) is 6.04. The normalized spacial score (nSPS) is 18.6. The lowest BCUT2D eigenvalue weighted by Crippen LogP contribution is -2.39. The number of carbonyl (C=O) groups excluding carboxylic acids is 1. The van der Waals surface area contributed by atoms with E-state index in [0.29, 0.717) is 23.2 Å². The van der Waals surface area contributed by atoms with Crippen molar-refractivity contribution in [2.45, 2.75) is 31.0 Å². The van der Waals surface area contributed by atoms with Crippen LogP contribution in [0.25, 0.3) is 11.5 Å². The lowest BCUT2D eigenvalue weighted by atomic mass is 10.1. The predicted molar refractivity (Wildman–Crippen MR) is 113 cm³/mol. The zero-order valence-electron chi connectivity index (χ0n) is 16.3. The van der Waals surface area contributed by atoms with Crippen molar-refractivity contribution in [2.24, 2.45) is 0 Å². The van der Waals surface area contributed by atoms with E-state index in [9.17, 15) is 4.79 Å². The maximum atomic E-state index is 13.5. The van der Waals surface area contributed by atoms with Crippen molar-refractivity contribution < 1.29 is 9.21 Å². The first kappa shape index (κ1) is 18.2. The maximum Gasteiger partial charge on any atom is 0.263 e. The molecular formula is C21H21N5O2S. The van der Waals surface area contributed by atoms with Crippen LogP contribution in [-0.2, 0) is 0 Å². The van der Waals surface area contributed by atoms with E-state index in [2.05, 4.69) is 19.9 Å². The Hall–Kier alpha value is -2.87. The Morgan fingerprint density at radius 2 is 2.14 bits per heavy atom. The highest BCUT2D eigenvalue weighted by Crippen LogP contribution is 2.35. The Labute approximate surface area is 173 Å². The second-order valence-corrected chi connectivity index (χ2v) is 8.10. The van der Waals surface area contributed by atoms with Gasteiger partial charge in [-0.3, -0.25) is 4.79 Å². The Kier molecular flexibility index (Phi) is 4.50. The number of carbonyl (C=O) groups is 1. The first-order valence-corrected chi connectivity index (χ1v) is 10.9. The summed E-state index contributed by atoms with van der Waals surface area (Å²) in [6.45, 7) is 3.41. The summed E-state index contributed by atoms with van der Waals surface area (Å²) in [4.78, 5) is 31.0. The number of amides is 1. The number of aryl methyl sites for hydroxylation is 1. The van der Waals surface area contributed by atoms with Crippen molar-refractivity contribution in [2.75, 3.05) is 29.1 Å². The molecule has 2 aliphatic heterocycles. The summed E-state index contributed by atoms with van der Waals surface area (Å²) in [6, 6.07) is 8.05. The molecule has 1 atom stereocenters. The van der Waals surface area contributed by atoms with Crippen LogP contribution in [0.3, 0.4) is 0 Å². The average molecular weight is 407 g/mol. The second-order valence-electron chi connectivity index (χ2n) is 7.33. The van der Waals surface area contributed by atoms with E-state index in [4.69, 9.17) is 4.42 Å². The smallest absolute Gasteiger partial charge is 0.263 e. The van der Waals surface area contributed by atoms with Gasteiger partial charge in [0.2, 0.25) is 5.89 Å². The second kappa shape index (κ2) is 7.18. The van der Waals surface area contributed by atoms with E-state index >= 15 is 0 Å². The number of oxazole rings is 1. The molecule has 0 bridgehead atoms. The van der Waals surface area contributed by atoms with Gasteiger partial charge in [-0.25, -0.2) is 15.0 Å². The molecule has 5 rings (SSSR count). The molecule has 8 heteroatoms. The molecule has 1 aromatic carbocycles. The molecule has 1 saturated heterocycles. The van der Waals surface area contributed by atoms with Crippen molar-refractivity contribution >= 4 is 29.2 Å². The molecule has 1 amide bonds. The Balaban J connectivity index is 1.58. The summed E-state index contributed by atoms with van der Waals surface area (Å²) in [5.41, 5.74) is 2.24. The summed E-state index contributed by atoms with van der Waals surface area (Å²) < 4.78 is 5.67. The third-order valence-electron chi connectivity index (χ3n) is 5.47. The van der Waals surface area contributed by atoms with Gasteiger partial charge in [-0.2, -0.15) is 0 Å². The highest BCUT2D eigenvalue weighted by Gasteiger charge is 2.37. The summed E-state index contributed by atoms with van der Waals surface area (Å²) in [7, 11) is 0. The van der Waals surface area contributed by atoms with Crippen LogP contribution in [0, 0.1) is 6.92 Å². The zero-order chi connectivity index (χ0) is 20.0. The van der Waals surface area contributed by atoms with Crippen molar-refractivity contribution in [3.63, 3.8) is 0 Å². The van der Waals surface area contributed by atoms with E-state index in [-0.39, 0.29) is 11.9 Å². The largest absolute Gasteiger partial charge is 0.441 e. The minimum atomic E-state index is -0.0669. The van der Waals surface area contributed by atoms with E-state index in [1.54, 1.807) is 12.4 Å². The van der Waals surface area contributed by atoms with Gasteiger partial charge in [0.15, 0.2) is 5.16 Å². The van der Waals surface area contributed by atoms with E-state index < -0.39 is 0 Å². The zero-order valence-corrected chi connectivity index (χ0v) is 17.1. The molecule has 1 fully saturated rings. The molecule has 148 valence electrons. The van der Waals surface area contributed by atoms with Crippen LogP contribution in [0.2, 0.25) is 0 Å². The summed E-state index contributed by atoms with van der Waals surface area (Å²) in [6.07, 6.45) is 7.46. The first-order chi connectivity index (χ1) is 14.1. The van der Waals surface area contributed by atoms with Crippen LogP contribution >= 0.6 is 11.8 Å². The monoisotopic (exact) mass is 407 g/mol. The van der Waals surface area contributed by atoms with Crippen LogP contribution < -0.4 is 9.80 Å². The van der Waals surface area contributed by atoms with Gasteiger partial charge in [0.25, 0.3) is 5.91 Å². The third kappa shape index (κ3) is 3.17. The van der Waals surface area contributed by atoms with Gasteiger partial charge < -0.3 is 14.2 Å². The van der Waals surface area contributed by atoms with E-state index in [0.717, 1.165) is 42.2 Å². The summed E-state index contributed by atoms with van der Waals surface area (Å²) in [5.74, 6) is 2.01. The van der Waals surface area contributed by atoms with Crippen molar-refractivity contribution in [3.05, 3.63) is 48.0 Å². The van der Waals surface area contributed by atoms with Crippen molar-refractivity contribution in [1.29, 1.82) is 0 Å². The molecule has 2 aliphatic rings. The Bertz CT molecular complexity index is 1080. The molecule has 0 aliphatic carbocycles. The van der Waals surface area contributed by atoms with Crippen LogP contribution in [0.15, 0.2) is 46.2 Å².